The van der Waals surface area contributed by atoms with Crippen LogP contribution in [0, 0.1) is 11.5 Å². The summed E-state index contributed by atoms with van der Waals surface area (Å²) in [4.78, 5) is 0. The van der Waals surface area contributed by atoms with E-state index in [0.29, 0.717) is 0 Å². The first-order chi connectivity index (χ1) is 7.37. The van der Waals surface area contributed by atoms with Crippen LogP contribution in [0.4, 0.5) is 0 Å². The van der Waals surface area contributed by atoms with Gasteiger partial charge in [-0.25, -0.2) is 0 Å². The zero-order chi connectivity index (χ0) is 10.6. The van der Waals surface area contributed by atoms with E-state index in [1.165, 1.54) is 6.42 Å². The highest BCUT2D eigenvalue weighted by Gasteiger charge is 2.35. The van der Waals surface area contributed by atoms with Crippen LogP contribution in [-0.2, 0) is 10.3 Å². The van der Waals surface area contributed by atoms with Gasteiger partial charge < -0.3 is 4.74 Å². The molecule has 0 aliphatic heterocycles. The molecule has 1 fully saturated rings. The number of rotatable bonds is 2. The van der Waals surface area contributed by atoms with Crippen LogP contribution in [-0.4, -0.2) is 0 Å². The predicted octanol–water partition coefficient (Wildman–Crippen LogP) is 3.34. The van der Waals surface area contributed by atoms with Gasteiger partial charge in [-0.05, 0) is 31.2 Å². The van der Waals surface area contributed by atoms with Crippen molar-refractivity contribution in [3.8, 4) is 6.26 Å². The molecule has 0 heterocycles. The molecule has 0 spiro atoms. The van der Waals surface area contributed by atoms with Gasteiger partial charge in [-0.15, -0.1) is 0 Å². The van der Waals surface area contributed by atoms with Gasteiger partial charge in [-0.1, -0.05) is 36.8 Å². The molecule has 0 atom stereocenters. The zero-order valence-electron chi connectivity index (χ0n) is 8.78. The largest absolute Gasteiger partial charge is 0.416 e. The first kappa shape index (κ1) is 10.0. The van der Waals surface area contributed by atoms with Crippen molar-refractivity contribution in [3.05, 3.63) is 35.9 Å². The Morgan fingerprint density at radius 2 is 1.73 bits per heavy atom. The molecule has 2 nitrogen and oxygen atoms in total. The Morgan fingerprint density at radius 1 is 1.07 bits per heavy atom. The molecule has 0 bridgehead atoms. The summed E-state index contributed by atoms with van der Waals surface area (Å²) in [6.07, 6.45) is 7.35. The maximum absolute atomic E-state index is 8.77. The molecule has 0 aromatic heterocycles. The highest BCUT2D eigenvalue weighted by atomic mass is 16.5. The third kappa shape index (κ3) is 1.97. The average Bonchev–Trinajstić information content (AvgIpc) is 2.32. The molecule has 1 aliphatic carbocycles. The Labute approximate surface area is 90.5 Å². The van der Waals surface area contributed by atoms with E-state index >= 15 is 0 Å². The Morgan fingerprint density at radius 3 is 2.33 bits per heavy atom. The minimum Gasteiger partial charge on any atom is -0.416 e. The standard InChI is InChI=1S/C13H15NO/c14-11-15-13(9-5-2-6-10-13)12-7-3-1-4-8-12/h1,3-4,7-8H,2,5-6,9-10H2. The van der Waals surface area contributed by atoms with Crippen LogP contribution in [0.3, 0.4) is 0 Å². The van der Waals surface area contributed by atoms with Crippen LogP contribution in [0.15, 0.2) is 30.3 Å². The van der Waals surface area contributed by atoms with Crippen LogP contribution in [0.1, 0.15) is 37.7 Å². The van der Waals surface area contributed by atoms with Crippen LogP contribution in [0.5, 0.6) is 0 Å². The average molecular weight is 201 g/mol. The lowest BCUT2D eigenvalue weighted by Gasteiger charge is -2.34. The number of nitriles is 1. The molecule has 1 aromatic carbocycles. The van der Waals surface area contributed by atoms with Crippen LogP contribution < -0.4 is 0 Å². The van der Waals surface area contributed by atoms with Crippen molar-refractivity contribution in [1.29, 1.82) is 5.26 Å². The summed E-state index contributed by atoms with van der Waals surface area (Å²) in [5.41, 5.74) is 0.806. The summed E-state index contributed by atoms with van der Waals surface area (Å²) in [7, 11) is 0. The highest BCUT2D eigenvalue weighted by Crippen LogP contribution is 2.40. The molecule has 0 radical (unpaired) electrons. The fourth-order valence-electron chi connectivity index (χ4n) is 2.40. The van der Waals surface area contributed by atoms with Crippen molar-refractivity contribution in [2.24, 2.45) is 0 Å². The van der Waals surface area contributed by atoms with E-state index in [4.69, 9.17) is 10.00 Å². The van der Waals surface area contributed by atoms with Gasteiger partial charge >= 0.3 is 0 Å². The number of benzene rings is 1. The van der Waals surface area contributed by atoms with Gasteiger partial charge in [0.2, 0.25) is 0 Å². The molecule has 0 unspecified atom stereocenters. The van der Waals surface area contributed by atoms with Gasteiger partial charge in [0.25, 0.3) is 6.26 Å². The second kappa shape index (κ2) is 4.35. The summed E-state index contributed by atoms with van der Waals surface area (Å²) < 4.78 is 5.36. The maximum atomic E-state index is 8.77. The van der Waals surface area contributed by atoms with Gasteiger partial charge in [0.15, 0.2) is 0 Å². The summed E-state index contributed by atoms with van der Waals surface area (Å²) in [5, 5.41) is 8.77. The lowest BCUT2D eigenvalue weighted by atomic mass is 9.79. The van der Waals surface area contributed by atoms with Crippen LogP contribution in [0.25, 0.3) is 0 Å². The van der Waals surface area contributed by atoms with Crippen molar-refractivity contribution >= 4 is 0 Å². The molecular formula is C13H15NO. The summed E-state index contributed by atoms with van der Waals surface area (Å²) in [6, 6.07) is 10.1. The zero-order valence-corrected chi connectivity index (χ0v) is 8.78. The number of nitrogens with zero attached hydrogens (tertiary/aromatic N) is 1. The Bertz CT molecular complexity index is 347. The molecule has 0 amide bonds. The SMILES string of the molecule is N#COC1(c2ccccc2)CCCCC1. The third-order valence-corrected chi connectivity index (χ3v) is 3.20. The van der Waals surface area contributed by atoms with Gasteiger partial charge in [0.1, 0.15) is 5.60 Å². The van der Waals surface area contributed by atoms with Gasteiger partial charge in [-0.3, -0.25) is 0 Å². The van der Waals surface area contributed by atoms with E-state index in [1.54, 1.807) is 0 Å². The summed E-state index contributed by atoms with van der Waals surface area (Å²) >= 11 is 0. The normalized spacial score (nSPS) is 19.1. The van der Waals surface area contributed by atoms with E-state index in [9.17, 15) is 0 Å². The lowest BCUT2D eigenvalue weighted by molar-refractivity contribution is -0.00450. The molecule has 1 aromatic rings. The third-order valence-electron chi connectivity index (χ3n) is 3.20. The van der Waals surface area contributed by atoms with E-state index < -0.39 is 0 Å². The molecule has 0 saturated heterocycles. The molecule has 15 heavy (non-hydrogen) atoms. The van der Waals surface area contributed by atoms with Crippen molar-refractivity contribution in [2.45, 2.75) is 37.7 Å². The Balaban J connectivity index is 2.30. The number of hydrogen-bond acceptors (Lipinski definition) is 2. The summed E-state index contributed by atoms with van der Waals surface area (Å²) in [5.74, 6) is 0. The number of ether oxygens (including phenoxy) is 1. The van der Waals surface area contributed by atoms with E-state index in [1.807, 2.05) is 24.5 Å². The monoisotopic (exact) mass is 201 g/mol. The number of hydrogen-bond donors (Lipinski definition) is 0. The van der Waals surface area contributed by atoms with Crippen molar-refractivity contribution in [3.63, 3.8) is 0 Å². The van der Waals surface area contributed by atoms with Crippen LogP contribution in [0.2, 0.25) is 0 Å². The Kier molecular flexibility index (Phi) is 2.91. The molecule has 0 N–H and O–H groups in total. The molecule has 1 aliphatic rings. The smallest absolute Gasteiger partial charge is 0.287 e. The maximum Gasteiger partial charge on any atom is 0.287 e. The van der Waals surface area contributed by atoms with Crippen molar-refractivity contribution < 1.29 is 4.74 Å². The minimum absolute atomic E-state index is 0.339. The predicted molar refractivity (Wildman–Crippen MR) is 57.9 cm³/mol. The van der Waals surface area contributed by atoms with Gasteiger partial charge in [0, 0.05) is 0 Å². The molecular weight excluding hydrogens is 186 g/mol. The quantitative estimate of drug-likeness (QED) is 0.687. The molecule has 2 rings (SSSR count). The second-order valence-corrected chi connectivity index (χ2v) is 4.11. The highest BCUT2D eigenvalue weighted by molar-refractivity contribution is 5.23. The minimum atomic E-state index is -0.339. The van der Waals surface area contributed by atoms with E-state index in [-0.39, 0.29) is 5.60 Å². The van der Waals surface area contributed by atoms with Crippen LogP contribution >= 0.6 is 0 Å². The Hall–Kier alpha value is -1.49. The summed E-state index contributed by atoms with van der Waals surface area (Å²) in [6.45, 7) is 0. The first-order valence-electron chi connectivity index (χ1n) is 5.50. The molecule has 2 heteroatoms. The van der Waals surface area contributed by atoms with Gasteiger partial charge in [-0.2, -0.15) is 5.26 Å². The fourth-order valence-corrected chi connectivity index (χ4v) is 2.40. The van der Waals surface area contributed by atoms with Crippen molar-refractivity contribution in [2.75, 3.05) is 0 Å². The lowest BCUT2D eigenvalue weighted by Crippen LogP contribution is -2.30. The molecule has 78 valence electrons. The van der Waals surface area contributed by atoms with E-state index in [0.717, 1.165) is 31.2 Å². The van der Waals surface area contributed by atoms with E-state index in [2.05, 4.69) is 12.1 Å². The first-order valence-corrected chi connectivity index (χ1v) is 5.50. The van der Waals surface area contributed by atoms with Gasteiger partial charge in [0.05, 0.1) is 0 Å². The fraction of sp³-hybridized carbons (Fsp3) is 0.462. The second-order valence-electron chi connectivity index (χ2n) is 4.11. The topological polar surface area (TPSA) is 33.0 Å². The molecule has 1 saturated carbocycles. The van der Waals surface area contributed by atoms with Crippen molar-refractivity contribution in [1.82, 2.24) is 0 Å².